The molecule has 0 fully saturated rings. The van der Waals surface area contributed by atoms with Crippen molar-refractivity contribution in [2.24, 2.45) is 0 Å². The van der Waals surface area contributed by atoms with Crippen LogP contribution in [0.15, 0.2) is 0 Å². The molecule has 0 N–H and O–H groups in total. The molecule has 27 heavy (non-hydrogen) atoms. The molecule has 0 unspecified atom stereocenters. The van der Waals surface area contributed by atoms with Crippen LogP contribution in [0.5, 0.6) is 0 Å². The van der Waals surface area contributed by atoms with E-state index in [1.54, 1.807) is 0 Å². The van der Waals surface area contributed by atoms with Crippen molar-refractivity contribution < 1.29 is 59.5 Å². The largest absolute Gasteiger partial charge is 4.00 e. The maximum atomic E-state index is 10.0. The first-order valence-corrected chi connectivity index (χ1v) is 12.4. The van der Waals surface area contributed by atoms with E-state index >= 15 is 0 Å². The molecule has 0 heterocycles. The molecule has 0 rings (SSSR count). The molecule has 0 aliphatic heterocycles. The number of phosphoric acid groups is 2. The smallest absolute Gasteiger partial charge is 0.790 e. The van der Waals surface area contributed by atoms with Crippen molar-refractivity contribution in [3.05, 3.63) is 0 Å². The minimum absolute atomic E-state index is 0. The van der Waals surface area contributed by atoms with Crippen LogP contribution in [0.2, 0.25) is 0 Å². The van der Waals surface area contributed by atoms with Gasteiger partial charge in [-0.3, -0.25) is 0 Å². The fourth-order valence-corrected chi connectivity index (χ4v) is 2.82. The third-order valence-electron chi connectivity index (χ3n) is 3.49. The van der Waals surface area contributed by atoms with E-state index in [9.17, 15) is 28.7 Å². The van der Waals surface area contributed by atoms with E-state index in [1.807, 2.05) is 0 Å². The van der Waals surface area contributed by atoms with Gasteiger partial charge in [0.1, 0.15) is 0 Å². The summed E-state index contributed by atoms with van der Waals surface area (Å²) >= 11 is 0. The molecule has 0 aliphatic rings. The maximum Gasteiger partial charge on any atom is 4.00 e. The van der Waals surface area contributed by atoms with Crippen molar-refractivity contribution in [2.75, 3.05) is 13.2 Å². The number of unbranched alkanes of at least 4 members (excludes halogenated alkanes) is 10. The molecular formula is C16H34O8P2Ti. The summed E-state index contributed by atoms with van der Waals surface area (Å²) in [6.45, 7) is 4.34. The van der Waals surface area contributed by atoms with Gasteiger partial charge in [-0.15, -0.1) is 0 Å². The molecule has 160 valence electrons. The summed E-state index contributed by atoms with van der Waals surface area (Å²) in [5.41, 5.74) is 0. The Bertz CT molecular complexity index is 351. The second kappa shape index (κ2) is 21.6. The van der Waals surface area contributed by atoms with E-state index in [0.717, 1.165) is 25.7 Å². The predicted molar refractivity (Wildman–Crippen MR) is 93.9 cm³/mol. The van der Waals surface area contributed by atoms with Gasteiger partial charge in [-0.1, -0.05) is 78.1 Å². The Morgan fingerprint density at radius 3 is 1.07 bits per heavy atom. The Morgan fingerprint density at radius 2 is 0.815 bits per heavy atom. The second-order valence-electron chi connectivity index (χ2n) is 6.10. The van der Waals surface area contributed by atoms with Crippen LogP contribution in [0.25, 0.3) is 0 Å². The van der Waals surface area contributed by atoms with Gasteiger partial charge in [0.25, 0.3) is 0 Å². The minimum Gasteiger partial charge on any atom is -0.790 e. The van der Waals surface area contributed by atoms with E-state index in [1.165, 1.54) is 38.5 Å². The van der Waals surface area contributed by atoms with Crippen LogP contribution in [-0.2, 0) is 39.9 Å². The topological polar surface area (TPSA) is 145 Å². The molecule has 0 aliphatic carbocycles. The molecule has 0 atom stereocenters. The third-order valence-corrected chi connectivity index (χ3v) is 4.49. The van der Waals surface area contributed by atoms with Crippen molar-refractivity contribution in [2.45, 2.75) is 90.9 Å². The van der Waals surface area contributed by atoms with Gasteiger partial charge < -0.3 is 37.8 Å². The first kappa shape index (κ1) is 32.6. The van der Waals surface area contributed by atoms with Crippen LogP contribution < -0.4 is 19.6 Å². The Hall–Kier alpha value is 0.934. The zero-order chi connectivity index (χ0) is 20.3. The number of hydrogen-bond donors (Lipinski definition) is 0. The zero-order valence-electron chi connectivity index (χ0n) is 16.6. The Balaban J connectivity index is -0.000000411. The van der Waals surface area contributed by atoms with Crippen molar-refractivity contribution in [1.29, 1.82) is 0 Å². The molecule has 0 aromatic rings. The molecular weight excluding hydrogens is 430 g/mol. The van der Waals surface area contributed by atoms with E-state index in [4.69, 9.17) is 0 Å². The first-order valence-electron chi connectivity index (χ1n) is 9.45. The van der Waals surface area contributed by atoms with Gasteiger partial charge in [-0.05, 0) is 12.8 Å². The van der Waals surface area contributed by atoms with Crippen LogP contribution in [0.3, 0.4) is 0 Å². The molecule has 0 aromatic heterocycles. The second-order valence-corrected chi connectivity index (χ2v) is 8.40. The average molecular weight is 464 g/mol. The van der Waals surface area contributed by atoms with Gasteiger partial charge in [0.05, 0.1) is 28.9 Å². The SMILES string of the molecule is CCCCCCCCOP(=O)([O-])[O-].CCCCCCCCOP(=O)([O-])[O-].[Ti+4]. The van der Waals surface area contributed by atoms with Crippen LogP contribution in [0, 0.1) is 0 Å². The Labute approximate surface area is 179 Å². The molecule has 0 saturated heterocycles. The van der Waals surface area contributed by atoms with Gasteiger partial charge in [0.2, 0.25) is 0 Å². The quantitative estimate of drug-likeness (QED) is 0.192. The normalized spacial score (nSPS) is 11.5. The molecule has 11 heteroatoms. The first-order chi connectivity index (χ1) is 12.1. The Kier molecular flexibility index (Phi) is 26.1. The van der Waals surface area contributed by atoms with Crippen molar-refractivity contribution in [1.82, 2.24) is 0 Å². The summed E-state index contributed by atoms with van der Waals surface area (Å²) in [6, 6.07) is 0. The van der Waals surface area contributed by atoms with E-state index in [-0.39, 0.29) is 34.9 Å². The summed E-state index contributed by atoms with van der Waals surface area (Å²) in [7, 11) is -9.45. The van der Waals surface area contributed by atoms with E-state index in [2.05, 4.69) is 22.9 Å². The van der Waals surface area contributed by atoms with Gasteiger partial charge in [-0.2, -0.15) is 0 Å². The molecule has 0 spiro atoms. The maximum absolute atomic E-state index is 10.0. The molecule has 0 radical (unpaired) electrons. The molecule has 0 amide bonds. The average Bonchev–Trinajstić information content (AvgIpc) is 2.52. The van der Waals surface area contributed by atoms with E-state index in [0.29, 0.717) is 12.8 Å². The fraction of sp³-hybridized carbons (Fsp3) is 1.00. The monoisotopic (exact) mass is 464 g/mol. The summed E-state index contributed by atoms with van der Waals surface area (Å²) in [6.07, 6.45) is 12.5. The van der Waals surface area contributed by atoms with Gasteiger partial charge in [0, 0.05) is 0 Å². The standard InChI is InChI=1S/2C8H19O4P.Ti/c2*1-2-3-4-5-6-7-8-12-13(9,10)11;/h2*2-8H2,1H3,(H2,9,10,11);/q;;+4/p-4. The Morgan fingerprint density at radius 1 is 0.556 bits per heavy atom. The van der Waals surface area contributed by atoms with Crippen LogP contribution >= 0.6 is 15.6 Å². The summed E-state index contributed by atoms with van der Waals surface area (Å²) in [5.74, 6) is 0. The zero-order valence-corrected chi connectivity index (χ0v) is 19.9. The fourth-order valence-electron chi connectivity index (χ4n) is 2.12. The molecule has 0 bridgehead atoms. The molecule has 0 aromatic carbocycles. The third kappa shape index (κ3) is 38.2. The van der Waals surface area contributed by atoms with Gasteiger partial charge in [0.15, 0.2) is 0 Å². The molecule has 8 nitrogen and oxygen atoms in total. The van der Waals surface area contributed by atoms with Crippen LogP contribution in [-0.4, -0.2) is 13.2 Å². The summed E-state index contributed by atoms with van der Waals surface area (Å²) in [4.78, 5) is 40.1. The van der Waals surface area contributed by atoms with Crippen molar-refractivity contribution >= 4 is 15.6 Å². The predicted octanol–water partition coefficient (Wildman–Crippen LogP) is 2.38. The van der Waals surface area contributed by atoms with Gasteiger partial charge >= 0.3 is 21.7 Å². The summed E-state index contributed by atoms with van der Waals surface area (Å²) in [5, 5.41) is 0. The summed E-state index contributed by atoms with van der Waals surface area (Å²) < 4.78 is 28.2. The minimum atomic E-state index is -4.73. The molecule has 0 saturated carbocycles. The van der Waals surface area contributed by atoms with Crippen LogP contribution in [0.1, 0.15) is 90.9 Å². The number of phosphoric ester groups is 2. The van der Waals surface area contributed by atoms with Gasteiger partial charge in [-0.25, -0.2) is 0 Å². The van der Waals surface area contributed by atoms with Crippen LogP contribution in [0.4, 0.5) is 0 Å². The van der Waals surface area contributed by atoms with Crippen molar-refractivity contribution in [3.63, 3.8) is 0 Å². The van der Waals surface area contributed by atoms with Crippen molar-refractivity contribution in [3.8, 4) is 0 Å². The van der Waals surface area contributed by atoms with E-state index < -0.39 is 15.6 Å². The number of hydrogen-bond acceptors (Lipinski definition) is 8. The number of rotatable bonds is 16.